The SMILES string of the molecule is OC1CCCCC1CCCOc1ccccc1. The van der Waals surface area contributed by atoms with Gasteiger partial charge in [-0.25, -0.2) is 0 Å². The largest absolute Gasteiger partial charge is 0.494 e. The maximum absolute atomic E-state index is 9.84. The van der Waals surface area contributed by atoms with Crippen LogP contribution in [0.1, 0.15) is 38.5 Å². The molecule has 0 aromatic heterocycles. The second kappa shape index (κ2) is 6.65. The molecule has 1 fully saturated rings. The van der Waals surface area contributed by atoms with Crippen LogP contribution in [-0.4, -0.2) is 17.8 Å². The van der Waals surface area contributed by atoms with E-state index in [2.05, 4.69) is 0 Å². The zero-order valence-corrected chi connectivity index (χ0v) is 10.3. The summed E-state index contributed by atoms with van der Waals surface area (Å²) in [6.07, 6.45) is 6.71. The molecule has 2 atom stereocenters. The molecule has 1 N–H and O–H groups in total. The molecule has 0 aliphatic heterocycles. The van der Waals surface area contributed by atoms with Crippen molar-refractivity contribution in [2.45, 2.75) is 44.6 Å². The van der Waals surface area contributed by atoms with Gasteiger partial charge in [-0.1, -0.05) is 31.0 Å². The van der Waals surface area contributed by atoms with Gasteiger partial charge in [0.1, 0.15) is 5.75 Å². The molecule has 2 rings (SSSR count). The van der Waals surface area contributed by atoms with Gasteiger partial charge in [0.05, 0.1) is 12.7 Å². The molecule has 17 heavy (non-hydrogen) atoms. The van der Waals surface area contributed by atoms with Crippen molar-refractivity contribution >= 4 is 0 Å². The van der Waals surface area contributed by atoms with Gasteiger partial charge in [0.15, 0.2) is 0 Å². The van der Waals surface area contributed by atoms with E-state index in [9.17, 15) is 5.11 Å². The van der Waals surface area contributed by atoms with Crippen LogP contribution in [0.25, 0.3) is 0 Å². The Balaban J connectivity index is 1.63. The molecule has 1 aromatic rings. The van der Waals surface area contributed by atoms with Gasteiger partial charge in [-0.15, -0.1) is 0 Å². The van der Waals surface area contributed by atoms with Crippen molar-refractivity contribution in [2.75, 3.05) is 6.61 Å². The van der Waals surface area contributed by atoms with Crippen LogP contribution in [-0.2, 0) is 0 Å². The summed E-state index contributed by atoms with van der Waals surface area (Å²) in [6.45, 7) is 0.757. The molecular formula is C15H22O2. The quantitative estimate of drug-likeness (QED) is 0.791. The summed E-state index contributed by atoms with van der Waals surface area (Å²) < 4.78 is 5.65. The molecule has 0 bridgehead atoms. The van der Waals surface area contributed by atoms with Crippen molar-refractivity contribution in [2.24, 2.45) is 5.92 Å². The summed E-state index contributed by atoms with van der Waals surface area (Å²) in [6, 6.07) is 9.93. The van der Waals surface area contributed by atoms with Gasteiger partial charge in [-0.05, 0) is 43.7 Å². The topological polar surface area (TPSA) is 29.5 Å². The summed E-state index contributed by atoms with van der Waals surface area (Å²) in [5.74, 6) is 1.44. The standard InChI is InChI=1S/C15H22O2/c16-15-11-5-4-7-13(15)8-6-12-17-14-9-2-1-3-10-14/h1-3,9-10,13,15-16H,4-8,11-12H2. The summed E-state index contributed by atoms with van der Waals surface area (Å²) in [5, 5.41) is 9.84. The fraction of sp³-hybridized carbons (Fsp3) is 0.600. The van der Waals surface area contributed by atoms with Crippen molar-refractivity contribution in [3.8, 4) is 5.75 Å². The Morgan fingerprint density at radius 3 is 2.65 bits per heavy atom. The first-order valence-electron chi connectivity index (χ1n) is 6.72. The Morgan fingerprint density at radius 2 is 1.88 bits per heavy atom. The van der Waals surface area contributed by atoms with E-state index < -0.39 is 0 Å². The third-order valence-corrected chi connectivity index (χ3v) is 3.60. The van der Waals surface area contributed by atoms with Crippen LogP contribution in [0.3, 0.4) is 0 Å². The first-order chi connectivity index (χ1) is 8.36. The van der Waals surface area contributed by atoms with E-state index in [0.717, 1.165) is 31.6 Å². The van der Waals surface area contributed by atoms with E-state index in [1.54, 1.807) is 0 Å². The molecule has 0 saturated heterocycles. The number of rotatable bonds is 5. The zero-order chi connectivity index (χ0) is 11.9. The van der Waals surface area contributed by atoms with Gasteiger partial charge < -0.3 is 9.84 Å². The highest BCUT2D eigenvalue weighted by Gasteiger charge is 2.22. The summed E-state index contributed by atoms with van der Waals surface area (Å²) >= 11 is 0. The second-order valence-electron chi connectivity index (χ2n) is 4.92. The Morgan fingerprint density at radius 1 is 1.12 bits per heavy atom. The number of para-hydroxylation sites is 1. The minimum Gasteiger partial charge on any atom is -0.494 e. The molecule has 0 spiro atoms. The highest BCUT2D eigenvalue weighted by Crippen LogP contribution is 2.27. The number of hydrogen-bond donors (Lipinski definition) is 1. The van der Waals surface area contributed by atoms with E-state index in [-0.39, 0.29) is 6.10 Å². The third-order valence-electron chi connectivity index (χ3n) is 3.60. The summed E-state index contributed by atoms with van der Waals surface area (Å²) in [7, 11) is 0. The van der Waals surface area contributed by atoms with Crippen molar-refractivity contribution < 1.29 is 9.84 Å². The lowest BCUT2D eigenvalue weighted by Gasteiger charge is -2.27. The van der Waals surface area contributed by atoms with E-state index in [1.165, 1.54) is 19.3 Å². The number of ether oxygens (including phenoxy) is 1. The number of benzene rings is 1. The smallest absolute Gasteiger partial charge is 0.119 e. The molecular weight excluding hydrogens is 212 g/mol. The van der Waals surface area contributed by atoms with Crippen LogP contribution >= 0.6 is 0 Å². The Labute approximate surface area is 104 Å². The second-order valence-corrected chi connectivity index (χ2v) is 4.92. The minimum atomic E-state index is -0.0690. The predicted molar refractivity (Wildman–Crippen MR) is 69.1 cm³/mol. The first-order valence-corrected chi connectivity index (χ1v) is 6.72. The molecule has 0 heterocycles. The molecule has 1 aliphatic carbocycles. The maximum Gasteiger partial charge on any atom is 0.119 e. The van der Waals surface area contributed by atoms with Gasteiger partial charge in [-0.2, -0.15) is 0 Å². The predicted octanol–water partition coefficient (Wildman–Crippen LogP) is 3.40. The zero-order valence-electron chi connectivity index (χ0n) is 10.3. The average Bonchev–Trinajstić information content (AvgIpc) is 2.38. The monoisotopic (exact) mass is 234 g/mol. The molecule has 2 nitrogen and oxygen atoms in total. The van der Waals surface area contributed by atoms with E-state index in [0.29, 0.717) is 5.92 Å². The van der Waals surface area contributed by atoms with Crippen LogP contribution in [0.2, 0.25) is 0 Å². The van der Waals surface area contributed by atoms with Gasteiger partial charge in [0, 0.05) is 0 Å². The van der Waals surface area contributed by atoms with E-state index >= 15 is 0 Å². The number of aliphatic hydroxyl groups is 1. The van der Waals surface area contributed by atoms with Crippen LogP contribution in [0, 0.1) is 5.92 Å². The molecule has 2 heteroatoms. The Kier molecular flexibility index (Phi) is 4.87. The fourth-order valence-corrected chi connectivity index (χ4v) is 2.58. The average molecular weight is 234 g/mol. The highest BCUT2D eigenvalue weighted by molar-refractivity contribution is 5.20. The van der Waals surface area contributed by atoms with Gasteiger partial charge in [0.2, 0.25) is 0 Å². The fourth-order valence-electron chi connectivity index (χ4n) is 2.58. The van der Waals surface area contributed by atoms with Gasteiger partial charge >= 0.3 is 0 Å². The summed E-state index contributed by atoms with van der Waals surface area (Å²) in [4.78, 5) is 0. The number of hydrogen-bond acceptors (Lipinski definition) is 2. The van der Waals surface area contributed by atoms with Crippen LogP contribution in [0.5, 0.6) is 5.75 Å². The van der Waals surface area contributed by atoms with Gasteiger partial charge in [-0.3, -0.25) is 0 Å². The van der Waals surface area contributed by atoms with Crippen LogP contribution < -0.4 is 4.74 Å². The summed E-state index contributed by atoms with van der Waals surface area (Å²) in [5.41, 5.74) is 0. The van der Waals surface area contributed by atoms with Crippen LogP contribution in [0.15, 0.2) is 30.3 Å². The molecule has 1 aliphatic rings. The first kappa shape index (κ1) is 12.4. The van der Waals surface area contributed by atoms with E-state index in [1.807, 2.05) is 30.3 Å². The molecule has 94 valence electrons. The van der Waals surface area contributed by atoms with E-state index in [4.69, 9.17) is 4.74 Å². The van der Waals surface area contributed by atoms with Crippen molar-refractivity contribution in [1.82, 2.24) is 0 Å². The normalized spacial score (nSPS) is 24.5. The Hall–Kier alpha value is -1.02. The van der Waals surface area contributed by atoms with Crippen LogP contribution in [0.4, 0.5) is 0 Å². The molecule has 1 aromatic carbocycles. The molecule has 0 amide bonds. The maximum atomic E-state index is 9.84. The third kappa shape index (κ3) is 4.04. The van der Waals surface area contributed by atoms with Gasteiger partial charge in [0.25, 0.3) is 0 Å². The van der Waals surface area contributed by atoms with Crippen molar-refractivity contribution in [1.29, 1.82) is 0 Å². The minimum absolute atomic E-state index is 0.0690. The number of aliphatic hydroxyl groups excluding tert-OH is 1. The highest BCUT2D eigenvalue weighted by atomic mass is 16.5. The van der Waals surface area contributed by atoms with Crippen molar-refractivity contribution in [3.05, 3.63) is 30.3 Å². The Bertz CT molecular complexity index is 310. The lowest BCUT2D eigenvalue weighted by molar-refractivity contribution is 0.0621. The lowest BCUT2D eigenvalue weighted by atomic mass is 9.84. The molecule has 0 radical (unpaired) electrons. The molecule has 2 unspecified atom stereocenters. The molecule has 1 saturated carbocycles. The lowest BCUT2D eigenvalue weighted by Crippen LogP contribution is -2.24. The van der Waals surface area contributed by atoms with Crippen molar-refractivity contribution in [3.63, 3.8) is 0 Å².